The quantitative estimate of drug-likeness (QED) is 0.539. The molecule has 0 aromatic rings. The maximum Gasteiger partial charge on any atom is 0.345 e. The summed E-state index contributed by atoms with van der Waals surface area (Å²) < 4.78 is 9.25. The molecule has 0 aliphatic heterocycles. The van der Waals surface area contributed by atoms with Gasteiger partial charge >= 0.3 is 11.9 Å². The molecule has 0 saturated heterocycles. The first-order valence-electron chi connectivity index (χ1n) is 5.09. The van der Waals surface area contributed by atoms with Crippen molar-refractivity contribution in [3.8, 4) is 0 Å². The Labute approximate surface area is 99.9 Å². The molecule has 0 heterocycles. The number of allylic oxidation sites excluding steroid dienone is 2. The second-order valence-corrected chi connectivity index (χ2v) is 3.51. The van der Waals surface area contributed by atoms with E-state index in [9.17, 15) is 9.59 Å². The van der Waals surface area contributed by atoms with E-state index in [0.717, 1.165) is 5.57 Å². The number of carbonyl (C=O) groups is 2. The Balaban J connectivity index is 3.22. The average molecular weight is 234 g/mol. The van der Waals surface area contributed by atoms with Crippen LogP contribution in [0.2, 0.25) is 0 Å². The predicted octanol–water partition coefficient (Wildman–Crippen LogP) is 1.69. The van der Waals surface area contributed by atoms with Crippen molar-refractivity contribution < 1.29 is 19.1 Å². The van der Waals surface area contributed by atoms with Crippen molar-refractivity contribution in [1.82, 2.24) is 0 Å². The van der Waals surface area contributed by atoms with E-state index >= 15 is 0 Å². The Morgan fingerprint density at radius 2 is 1.88 bits per heavy atom. The van der Waals surface area contributed by atoms with Crippen LogP contribution in [0.3, 0.4) is 0 Å². The third kappa shape index (κ3) is 3.47. The van der Waals surface area contributed by atoms with Gasteiger partial charge in [-0.3, -0.25) is 0 Å². The highest BCUT2D eigenvalue weighted by molar-refractivity contribution is 5.96. The molecule has 0 fully saturated rings. The molecule has 0 unspecified atom stereocenters. The largest absolute Gasteiger partial charge is 0.466 e. The van der Waals surface area contributed by atoms with Gasteiger partial charge in [-0.1, -0.05) is 6.08 Å². The summed E-state index contributed by atoms with van der Waals surface area (Å²) in [5, 5.41) is 0. The number of carbonyl (C=O) groups excluding carboxylic acids is 2. The standard InChI is InChI=1S/C13H14O4/c1-9-4-6-10(12(14)16-2)8-11(7-5-9)13(15)17-3/h4-5,8H,6H2,1-3H3/b9-4-,10-8+. The molecule has 4 heteroatoms. The van der Waals surface area contributed by atoms with Crippen molar-refractivity contribution in [2.24, 2.45) is 0 Å². The van der Waals surface area contributed by atoms with Gasteiger partial charge in [-0.05, 0) is 31.1 Å². The molecule has 1 rings (SSSR count). The number of hydrogen-bond donors (Lipinski definition) is 0. The molecular formula is C13H14O4. The second kappa shape index (κ2) is 5.87. The van der Waals surface area contributed by atoms with Crippen LogP contribution in [0.1, 0.15) is 13.3 Å². The summed E-state index contributed by atoms with van der Waals surface area (Å²) in [6, 6.07) is 0. The highest BCUT2D eigenvalue weighted by Crippen LogP contribution is 2.14. The molecule has 0 aromatic carbocycles. The van der Waals surface area contributed by atoms with Crippen LogP contribution in [0, 0.1) is 0 Å². The third-order valence-corrected chi connectivity index (χ3v) is 2.27. The minimum Gasteiger partial charge on any atom is -0.466 e. The van der Waals surface area contributed by atoms with E-state index < -0.39 is 11.9 Å². The molecule has 4 nitrogen and oxygen atoms in total. The number of ether oxygens (including phenoxy) is 2. The van der Waals surface area contributed by atoms with Crippen LogP contribution in [0.15, 0.2) is 40.7 Å². The molecule has 0 amide bonds. The summed E-state index contributed by atoms with van der Waals surface area (Å²) in [7, 11) is 2.58. The molecule has 1 aliphatic rings. The van der Waals surface area contributed by atoms with E-state index in [1.165, 1.54) is 20.3 Å². The van der Waals surface area contributed by atoms with Gasteiger partial charge in [-0.25, -0.2) is 9.59 Å². The van der Waals surface area contributed by atoms with Crippen molar-refractivity contribution in [3.05, 3.63) is 40.7 Å². The second-order valence-electron chi connectivity index (χ2n) is 3.51. The lowest BCUT2D eigenvalue weighted by molar-refractivity contribution is -0.136. The van der Waals surface area contributed by atoms with Gasteiger partial charge in [0.15, 0.2) is 0 Å². The molecule has 0 spiro atoms. The van der Waals surface area contributed by atoms with E-state index in [1.54, 1.807) is 6.08 Å². The lowest BCUT2D eigenvalue weighted by Crippen LogP contribution is -2.08. The van der Waals surface area contributed by atoms with E-state index in [0.29, 0.717) is 12.0 Å². The van der Waals surface area contributed by atoms with Gasteiger partial charge in [0.25, 0.3) is 0 Å². The maximum atomic E-state index is 11.5. The van der Waals surface area contributed by atoms with Gasteiger partial charge in [0.1, 0.15) is 5.57 Å². The van der Waals surface area contributed by atoms with Crippen LogP contribution in [-0.2, 0) is 19.1 Å². The number of methoxy groups -OCH3 is 2. The lowest BCUT2D eigenvalue weighted by atomic mass is 10.0. The summed E-state index contributed by atoms with van der Waals surface area (Å²) in [4.78, 5) is 22.9. The van der Waals surface area contributed by atoms with Crippen LogP contribution in [0.4, 0.5) is 0 Å². The molecular weight excluding hydrogens is 220 g/mol. The molecule has 0 aromatic heterocycles. The Bertz CT molecular complexity index is 460. The molecule has 0 atom stereocenters. The monoisotopic (exact) mass is 234 g/mol. The van der Waals surface area contributed by atoms with E-state index in [2.05, 4.69) is 15.2 Å². The first-order valence-corrected chi connectivity index (χ1v) is 5.09. The zero-order chi connectivity index (χ0) is 12.8. The predicted molar refractivity (Wildman–Crippen MR) is 62.1 cm³/mol. The van der Waals surface area contributed by atoms with Crippen LogP contribution in [0.5, 0.6) is 0 Å². The summed E-state index contributed by atoms with van der Waals surface area (Å²) in [5.41, 5.74) is 4.32. The number of esters is 2. The zero-order valence-corrected chi connectivity index (χ0v) is 10.1. The lowest BCUT2D eigenvalue weighted by Gasteiger charge is -2.06. The first-order chi connectivity index (χ1) is 8.08. The minimum absolute atomic E-state index is 0.209. The van der Waals surface area contributed by atoms with Crippen molar-refractivity contribution in [2.75, 3.05) is 14.2 Å². The van der Waals surface area contributed by atoms with E-state index in [4.69, 9.17) is 0 Å². The van der Waals surface area contributed by atoms with Gasteiger partial charge < -0.3 is 9.47 Å². The normalized spacial score (nSPS) is 21.0. The first kappa shape index (κ1) is 13.0. The average Bonchev–Trinajstić information content (AvgIpc) is 2.33. The maximum absolute atomic E-state index is 11.5. The molecule has 17 heavy (non-hydrogen) atoms. The van der Waals surface area contributed by atoms with Crippen LogP contribution < -0.4 is 0 Å². The van der Waals surface area contributed by atoms with Gasteiger partial charge in [0, 0.05) is 5.57 Å². The topological polar surface area (TPSA) is 52.6 Å². The van der Waals surface area contributed by atoms with Crippen molar-refractivity contribution >= 4 is 11.9 Å². The van der Waals surface area contributed by atoms with E-state index in [1.807, 2.05) is 13.0 Å². The Morgan fingerprint density at radius 1 is 1.24 bits per heavy atom. The minimum atomic E-state index is -0.530. The molecule has 0 saturated carbocycles. The summed E-state index contributed by atoms with van der Waals surface area (Å²) >= 11 is 0. The molecule has 1 aliphatic carbocycles. The Hall–Kier alpha value is -2.06. The summed E-state index contributed by atoms with van der Waals surface area (Å²) in [6.07, 6.45) is 5.40. The van der Waals surface area contributed by atoms with E-state index in [-0.39, 0.29) is 5.57 Å². The third-order valence-electron chi connectivity index (χ3n) is 2.27. The Kier molecular flexibility index (Phi) is 4.49. The van der Waals surface area contributed by atoms with Crippen LogP contribution >= 0.6 is 0 Å². The fourth-order valence-electron chi connectivity index (χ4n) is 1.30. The summed E-state index contributed by atoms with van der Waals surface area (Å²) in [5.74, 6) is -0.989. The Morgan fingerprint density at radius 3 is 2.47 bits per heavy atom. The molecule has 0 radical (unpaired) electrons. The molecule has 0 bridgehead atoms. The van der Waals surface area contributed by atoms with Crippen molar-refractivity contribution in [3.63, 3.8) is 0 Å². The zero-order valence-electron chi connectivity index (χ0n) is 10.1. The van der Waals surface area contributed by atoms with Gasteiger partial charge in [-0.2, -0.15) is 0 Å². The summed E-state index contributed by atoms with van der Waals surface area (Å²) in [6.45, 7) is 1.86. The highest BCUT2D eigenvalue weighted by Gasteiger charge is 2.14. The fraction of sp³-hybridized carbons (Fsp3) is 0.308. The fourth-order valence-corrected chi connectivity index (χ4v) is 1.30. The van der Waals surface area contributed by atoms with Crippen molar-refractivity contribution in [1.29, 1.82) is 0 Å². The van der Waals surface area contributed by atoms with Crippen LogP contribution in [-0.4, -0.2) is 26.2 Å². The highest BCUT2D eigenvalue weighted by atomic mass is 16.5. The molecule has 0 N–H and O–H groups in total. The van der Waals surface area contributed by atoms with Gasteiger partial charge in [0.2, 0.25) is 0 Å². The smallest absolute Gasteiger partial charge is 0.345 e. The van der Waals surface area contributed by atoms with Gasteiger partial charge in [-0.15, -0.1) is 5.73 Å². The SMILES string of the molecule is COC(=O)C1=C=C/C(C)=C\C/C(C(=O)OC)=C\1. The number of hydrogen-bond acceptors (Lipinski definition) is 4. The molecule has 90 valence electrons. The van der Waals surface area contributed by atoms with Crippen LogP contribution in [0.25, 0.3) is 0 Å². The number of rotatable bonds is 2. The van der Waals surface area contributed by atoms with Gasteiger partial charge in [0.05, 0.1) is 14.2 Å². The van der Waals surface area contributed by atoms with Crippen molar-refractivity contribution in [2.45, 2.75) is 13.3 Å².